The summed E-state index contributed by atoms with van der Waals surface area (Å²) in [5, 5.41) is 0. The molecule has 0 N–H and O–H groups in total. The third-order valence-corrected chi connectivity index (χ3v) is 0.838. The normalized spacial score (nSPS) is 8.40. The Labute approximate surface area is 60.3 Å². The molecule has 0 saturated carbocycles. The minimum absolute atomic E-state index is 0.0157. The molecule has 0 unspecified atom stereocenters. The van der Waals surface area contributed by atoms with Gasteiger partial charge in [0.2, 0.25) is 0 Å². The van der Waals surface area contributed by atoms with Crippen molar-refractivity contribution in [2.24, 2.45) is 0 Å². The van der Waals surface area contributed by atoms with Gasteiger partial charge in [0.1, 0.15) is 6.61 Å². The fraction of sp³-hybridized carbons (Fsp3) is 0.571. The fourth-order valence-electron chi connectivity index (χ4n) is 0.346. The molecule has 0 aromatic carbocycles. The minimum atomic E-state index is -0.378. The van der Waals surface area contributed by atoms with E-state index in [0.29, 0.717) is 13.0 Å². The molecule has 0 aliphatic carbocycles. The Morgan fingerprint density at radius 1 is 1.70 bits per heavy atom. The maximum Gasteiger partial charge on any atom is 0.331 e. The Hall–Kier alpha value is -1.01. The van der Waals surface area contributed by atoms with E-state index in [0.717, 1.165) is 0 Å². The maximum absolute atomic E-state index is 10.4. The number of ether oxygens (including phenoxy) is 2. The molecule has 0 aliphatic rings. The van der Waals surface area contributed by atoms with Crippen molar-refractivity contribution in [3.05, 3.63) is 0 Å². The van der Waals surface area contributed by atoms with E-state index in [2.05, 4.69) is 10.7 Å². The first-order valence-corrected chi connectivity index (χ1v) is 2.89. The van der Waals surface area contributed by atoms with Crippen LogP contribution in [0.2, 0.25) is 0 Å². The highest BCUT2D eigenvalue weighted by Gasteiger charge is 1.96. The van der Waals surface area contributed by atoms with Crippen LogP contribution in [0, 0.1) is 12.3 Å². The number of hydrogen-bond acceptors (Lipinski definition) is 3. The van der Waals surface area contributed by atoms with E-state index in [9.17, 15) is 4.79 Å². The Kier molecular flexibility index (Phi) is 5.50. The van der Waals surface area contributed by atoms with Crippen molar-refractivity contribution < 1.29 is 14.3 Å². The Bertz CT molecular complexity index is 134. The van der Waals surface area contributed by atoms with Crippen LogP contribution in [-0.4, -0.2) is 26.3 Å². The summed E-state index contributed by atoms with van der Waals surface area (Å²) >= 11 is 0. The summed E-state index contributed by atoms with van der Waals surface area (Å²) in [4.78, 5) is 10.4. The number of rotatable bonds is 4. The van der Waals surface area contributed by atoms with Crippen molar-refractivity contribution in [1.29, 1.82) is 0 Å². The molecule has 0 spiro atoms. The van der Waals surface area contributed by atoms with Gasteiger partial charge in [-0.25, -0.2) is 4.79 Å². The maximum atomic E-state index is 10.4. The zero-order valence-corrected chi connectivity index (χ0v) is 5.92. The van der Waals surface area contributed by atoms with E-state index in [4.69, 9.17) is 11.2 Å². The van der Waals surface area contributed by atoms with Crippen LogP contribution in [0.4, 0.5) is 0 Å². The zero-order valence-electron chi connectivity index (χ0n) is 5.92. The second kappa shape index (κ2) is 6.12. The first-order valence-electron chi connectivity index (χ1n) is 2.89. The molecule has 0 aliphatic heterocycles. The van der Waals surface area contributed by atoms with Crippen molar-refractivity contribution in [2.75, 3.05) is 20.3 Å². The van der Waals surface area contributed by atoms with Gasteiger partial charge in [0.15, 0.2) is 0 Å². The Balaban J connectivity index is 3.05. The van der Waals surface area contributed by atoms with E-state index in [1.807, 2.05) is 0 Å². The van der Waals surface area contributed by atoms with Gasteiger partial charge in [0.05, 0.1) is 13.7 Å². The lowest BCUT2D eigenvalue weighted by Crippen LogP contribution is -2.10. The number of terminal acetylenes is 1. The van der Waals surface area contributed by atoms with Crippen molar-refractivity contribution in [1.82, 2.24) is 0 Å². The summed E-state index contributed by atoms with van der Waals surface area (Å²) in [7, 11) is 1.31. The molecule has 0 bridgehead atoms. The van der Waals surface area contributed by atoms with Crippen molar-refractivity contribution >= 4 is 5.97 Å². The molecule has 0 atom stereocenters. The van der Waals surface area contributed by atoms with Gasteiger partial charge in [-0.3, -0.25) is 0 Å². The molecule has 0 aromatic heterocycles. The molecule has 0 fully saturated rings. The van der Waals surface area contributed by atoms with Crippen LogP contribution in [0.5, 0.6) is 0 Å². The van der Waals surface area contributed by atoms with Gasteiger partial charge >= 0.3 is 5.97 Å². The summed E-state index contributed by atoms with van der Waals surface area (Å²) in [6.07, 6.45) is 5.46. The number of carbonyl (C=O) groups excluding carboxylic acids is 1. The van der Waals surface area contributed by atoms with Crippen LogP contribution < -0.4 is 0 Å². The standard InChI is InChI=1S/C7H10O3/c1-3-4-5-10-6-7(8)9-2/h1H,4-6H2,2H3. The lowest BCUT2D eigenvalue weighted by molar-refractivity contribution is -0.145. The summed E-state index contributed by atoms with van der Waals surface area (Å²) in [6, 6.07) is 0. The first-order chi connectivity index (χ1) is 4.81. The van der Waals surface area contributed by atoms with Crippen LogP contribution in [0.1, 0.15) is 6.42 Å². The Morgan fingerprint density at radius 2 is 2.40 bits per heavy atom. The fourth-order valence-corrected chi connectivity index (χ4v) is 0.346. The third kappa shape index (κ3) is 5.13. The average molecular weight is 142 g/mol. The van der Waals surface area contributed by atoms with Crippen LogP contribution in [-0.2, 0) is 14.3 Å². The largest absolute Gasteiger partial charge is 0.467 e. The zero-order chi connectivity index (χ0) is 7.82. The quantitative estimate of drug-likeness (QED) is 0.319. The molecule has 0 rings (SSSR count). The third-order valence-electron chi connectivity index (χ3n) is 0.838. The van der Waals surface area contributed by atoms with Crippen LogP contribution in [0.3, 0.4) is 0 Å². The second-order valence-corrected chi connectivity index (χ2v) is 1.58. The summed E-state index contributed by atoms with van der Waals surface area (Å²) in [5.74, 6) is 2.00. The van der Waals surface area contributed by atoms with Gasteiger partial charge in [0.25, 0.3) is 0 Å². The van der Waals surface area contributed by atoms with Crippen LogP contribution in [0.15, 0.2) is 0 Å². The first kappa shape index (κ1) is 8.99. The van der Waals surface area contributed by atoms with Gasteiger partial charge in [-0.15, -0.1) is 12.3 Å². The molecule has 56 valence electrons. The molecule has 0 aromatic rings. The van der Waals surface area contributed by atoms with E-state index in [1.165, 1.54) is 7.11 Å². The lowest BCUT2D eigenvalue weighted by atomic mass is 10.5. The monoisotopic (exact) mass is 142 g/mol. The van der Waals surface area contributed by atoms with E-state index < -0.39 is 0 Å². The van der Waals surface area contributed by atoms with Gasteiger partial charge in [-0.2, -0.15) is 0 Å². The van der Waals surface area contributed by atoms with E-state index in [1.54, 1.807) is 0 Å². The number of carbonyl (C=O) groups is 1. The SMILES string of the molecule is C#CCCOCC(=O)OC. The molecule has 3 heteroatoms. The molecule has 10 heavy (non-hydrogen) atoms. The average Bonchev–Trinajstić information content (AvgIpc) is 1.98. The smallest absolute Gasteiger partial charge is 0.331 e. The lowest BCUT2D eigenvalue weighted by Gasteiger charge is -1.98. The van der Waals surface area contributed by atoms with Gasteiger partial charge in [-0.1, -0.05) is 0 Å². The van der Waals surface area contributed by atoms with Crippen LogP contribution in [0.25, 0.3) is 0 Å². The Morgan fingerprint density at radius 3 is 2.90 bits per heavy atom. The second-order valence-electron chi connectivity index (χ2n) is 1.58. The van der Waals surface area contributed by atoms with Crippen molar-refractivity contribution in [3.63, 3.8) is 0 Å². The topological polar surface area (TPSA) is 35.5 Å². The molecule has 0 amide bonds. The highest BCUT2D eigenvalue weighted by atomic mass is 16.6. The van der Waals surface area contributed by atoms with E-state index >= 15 is 0 Å². The summed E-state index contributed by atoms with van der Waals surface area (Å²) in [6.45, 7) is 0.393. The number of methoxy groups -OCH3 is 1. The number of esters is 1. The molecule has 0 heterocycles. The summed E-state index contributed by atoms with van der Waals surface area (Å²) < 4.78 is 9.12. The predicted octanol–water partition coefficient (Wildman–Crippen LogP) is 0.199. The van der Waals surface area contributed by atoms with Gasteiger partial charge in [0, 0.05) is 6.42 Å². The van der Waals surface area contributed by atoms with Crippen molar-refractivity contribution in [2.45, 2.75) is 6.42 Å². The highest BCUT2D eigenvalue weighted by Crippen LogP contribution is 1.81. The molecule has 0 saturated heterocycles. The summed E-state index contributed by atoms with van der Waals surface area (Å²) in [5.41, 5.74) is 0. The number of hydrogen-bond donors (Lipinski definition) is 0. The van der Waals surface area contributed by atoms with Crippen LogP contribution >= 0.6 is 0 Å². The van der Waals surface area contributed by atoms with E-state index in [-0.39, 0.29) is 12.6 Å². The molecule has 3 nitrogen and oxygen atoms in total. The highest BCUT2D eigenvalue weighted by molar-refractivity contribution is 5.70. The molecule has 0 radical (unpaired) electrons. The molecular weight excluding hydrogens is 132 g/mol. The van der Waals surface area contributed by atoms with Crippen molar-refractivity contribution in [3.8, 4) is 12.3 Å². The van der Waals surface area contributed by atoms with Gasteiger partial charge < -0.3 is 9.47 Å². The minimum Gasteiger partial charge on any atom is -0.467 e. The van der Waals surface area contributed by atoms with Gasteiger partial charge in [-0.05, 0) is 0 Å². The molecular formula is C7H10O3. The predicted molar refractivity (Wildman–Crippen MR) is 36.3 cm³/mol.